The predicted octanol–water partition coefficient (Wildman–Crippen LogP) is 3.15. The summed E-state index contributed by atoms with van der Waals surface area (Å²) < 4.78 is 11.6. The van der Waals surface area contributed by atoms with Crippen LogP contribution in [0.2, 0.25) is 0 Å². The second-order valence-corrected chi connectivity index (χ2v) is 8.48. The van der Waals surface area contributed by atoms with Crippen LogP contribution < -0.4 is 0 Å². The normalized spacial score (nSPS) is 48.6. The molecule has 1 aliphatic carbocycles. The molecule has 0 amide bonds. The molecule has 3 fully saturated rings. The second kappa shape index (κ2) is 4.96. The first-order valence-corrected chi connectivity index (χ1v) is 8.27. The Morgan fingerprint density at radius 1 is 1.10 bits per heavy atom. The maximum atomic E-state index is 11.3. The molecule has 0 aromatic carbocycles. The molecule has 0 aromatic rings. The Morgan fingerprint density at radius 3 is 2.55 bits per heavy atom. The van der Waals surface area contributed by atoms with Crippen LogP contribution in [0.1, 0.15) is 59.3 Å². The minimum atomic E-state index is -0.499. The summed E-state index contributed by atoms with van der Waals surface area (Å²) in [4.78, 5) is 0. The van der Waals surface area contributed by atoms with Gasteiger partial charge in [0, 0.05) is 19.6 Å². The molecular weight excluding hydrogens is 252 g/mol. The molecule has 4 unspecified atom stereocenters. The molecule has 3 heteroatoms. The summed E-state index contributed by atoms with van der Waals surface area (Å²) >= 11 is 0. The van der Waals surface area contributed by atoms with Crippen LogP contribution in [0, 0.1) is 17.3 Å². The van der Waals surface area contributed by atoms with Crippen LogP contribution in [0.3, 0.4) is 0 Å². The Kier molecular flexibility index (Phi) is 3.67. The van der Waals surface area contributed by atoms with Crippen LogP contribution in [0.5, 0.6) is 0 Å². The highest BCUT2D eigenvalue weighted by Gasteiger charge is 2.51. The Morgan fingerprint density at radius 2 is 1.90 bits per heavy atom. The first kappa shape index (κ1) is 14.8. The summed E-state index contributed by atoms with van der Waals surface area (Å²) in [5.41, 5.74) is -0.339. The standard InChI is InChI=1S/C17H30O3/c1-13-8-15(2,3)11-17(18,9-13)14-4-6-20-16(10-14)5-7-19-12-16/h13-14,18H,4-12H2,1-3H3. The van der Waals surface area contributed by atoms with Gasteiger partial charge in [0.25, 0.3) is 0 Å². The minimum absolute atomic E-state index is 0.0938. The van der Waals surface area contributed by atoms with Crippen LogP contribution in [-0.4, -0.2) is 36.1 Å². The highest BCUT2D eigenvalue weighted by atomic mass is 16.6. The average Bonchev–Trinajstić information content (AvgIpc) is 2.74. The average molecular weight is 282 g/mol. The predicted molar refractivity (Wildman–Crippen MR) is 78.6 cm³/mol. The number of hydrogen-bond acceptors (Lipinski definition) is 3. The lowest BCUT2D eigenvalue weighted by Gasteiger charge is -2.51. The van der Waals surface area contributed by atoms with Crippen LogP contribution in [0.25, 0.3) is 0 Å². The van der Waals surface area contributed by atoms with Gasteiger partial charge in [-0.15, -0.1) is 0 Å². The minimum Gasteiger partial charge on any atom is -0.390 e. The van der Waals surface area contributed by atoms with E-state index in [-0.39, 0.29) is 11.0 Å². The highest BCUT2D eigenvalue weighted by molar-refractivity contribution is 5.02. The lowest BCUT2D eigenvalue weighted by molar-refractivity contribution is -0.168. The Balaban J connectivity index is 1.76. The maximum Gasteiger partial charge on any atom is 0.0940 e. The Bertz CT molecular complexity index is 359. The monoisotopic (exact) mass is 282 g/mol. The van der Waals surface area contributed by atoms with Gasteiger partial charge in [0.05, 0.1) is 17.8 Å². The van der Waals surface area contributed by atoms with E-state index >= 15 is 0 Å². The topological polar surface area (TPSA) is 38.7 Å². The van der Waals surface area contributed by atoms with Crippen LogP contribution in [0.4, 0.5) is 0 Å². The number of hydrogen-bond donors (Lipinski definition) is 1. The third-order valence-electron chi connectivity index (χ3n) is 5.71. The number of rotatable bonds is 1. The third-order valence-corrected chi connectivity index (χ3v) is 5.71. The van der Waals surface area contributed by atoms with Crippen LogP contribution >= 0.6 is 0 Å². The molecule has 1 spiro atoms. The Labute approximate surface area is 123 Å². The summed E-state index contributed by atoms with van der Waals surface area (Å²) in [7, 11) is 0. The number of ether oxygens (including phenoxy) is 2. The van der Waals surface area contributed by atoms with Gasteiger partial charge < -0.3 is 14.6 Å². The molecule has 3 rings (SSSR count). The third kappa shape index (κ3) is 2.77. The van der Waals surface area contributed by atoms with Gasteiger partial charge in [-0.1, -0.05) is 20.8 Å². The first-order valence-electron chi connectivity index (χ1n) is 8.27. The molecule has 3 aliphatic rings. The van der Waals surface area contributed by atoms with Crippen molar-refractivity contribution in [3.8, 4) is 0 Å². The fraction of sp³-hybridized carbons (Fsp3) is 1.00. The maximum absolute atomic E-state index is 11.3. The summed E-state index contributed by atoms with van der Waals surface area (Å²) in [6.07, 6.45) is 6.10. The van der Waals surface area contributed by atoms with Gasteiger partial charge in [-0.3, -0.25) is 0 Å². The van der Waals surface area contributed by atoms with Crippen molar-refractivity contribution in [3.05, 3.63) is 0 Å². The summed E-state index contributed by atoms with van der Waals surface area (Å²) in [6, 6.07) is 0. The summed E-state index contributed by atoms with van der Waals surface area (Å²) in [5, 5.41) is 11.3. The Hall–Kier alpha value is -0.120. The fourth-order valence-corrected chi connectivity index (χ4v) is 5.25. The van der Waals surface area contributed by atoms with Crippen molar-refractivity contribution in [1.29, 1.82) is 0 Å². The van der Waals surface area contributed by atoms with Gasteiger partial charge in [0.2, 0.25) is 0 Å². The molecule has 1 saturated carbocycles. The van der Waals surface area contributed by atoms with E-state index in [9.17, 15) is 5.11 Å². The molecule has 4 atom stereocenters. The molecule has 1 N–H and O–H groups in total. The molecule has 2 heterocycles. The van der Waals surface area contributed by atoms with E-state index < -0.39 is 5.60 Å². The molecular formula is C17H30O3. The van der Waals surface area contributed by atoms with E-state index in [4.69, 9.17) is 9.47 Å². The van der Waals surface area contributed by atoms with Crippen molar-refractivity contribution in [2.24, 2.45) is 17.3 Å². The first-order chi connectivity index (χ1) is 9.33. The van der Waals surface area contributed by atoms with Gasteiger partial charge in [0.15, 0.2) is 0 Å². The van der Waals surface area contributed by atoms with Crippen molar-refractivity contribution >= 4 is 0 Å². The number of aliphatic hydroxyl groups is 1. The smallest absolute Gasteiger partial charge is 0.0940 e. The largest absolute Gasteiger partial charge is 0.390 e. The molecule has 20 heavy (non-hydrogen) atoms. The highest BCUT2D eigenvalue weighted by Crippen LogP contribution is 2.51. The van der Waals surface area contributed by atoms with Crippen molar-refractivity contribution in [3.63, 3.8) is 0 Å². The summed E-state index contributed by atoms with van der Waals surface area (Å²) in [5.74, 6) is 0.988. The quantitative estimate of drug-likeness (QED) is 0.803. The van der Waals surface area contributed by atoms with E-state index in [1.807, 2.05) is 0 Å². The molecule has 3 nitrogen and oxygen atoms in total. The van der Waals surface area contributed by atoms with E-state index in [1.165, 1.54) is 6.42 Å². The summed E-state index contributed by atoms with van der Waals surface area (Å²) in [6.45, 7) is 9.22. The molecule has 0 radical (unpaired) electrons. The molecule has 2 aliphatic heterocycles. The van der Waals surface area contributed by atoms with Gasteiger partial charge >= 0.3 is 0 Å². The molecule has 0 aromatic heterocycles. The SMILES string of the molecule is CC1CC(C)(C)CC(O)(C2CCOC3(CCOC3)C2)C1. The van der Waals surface area contributed by atoms with Gasteiger partial charge in [-0.05, 0) is 49.4 Å². The van der Waals surface area contributed by atoms with Gasteiger partial charge in [0.1, 0.15) is 0 Å². The second-order valence-electron chi connectivity index (χ2n) is 8.48. The molecule has 116 valence electrons. The van der Waals surface area contributed by atoms with Gasteiger partial charge in [-0.2, -0.15) is 0 Å². The van der Waals surface area contributed by atoms with E-state index in [1.54, 1.807) is 0 Å². The van der Waals surface area contributed by atoms with Crippen LogP contribution in [-0.2, 0) is 9.47 Å². The zero-order valence-corrected chi connectivity index (χ0v) is 13.3. The van der Waals surface area contributed by atoms with Crippen molar-refractivity contribution in [2.45, 2.75) is 70.5 Å². The van der Waals surface area contributed by atoms with E-state index in [0.29, 0.717) is 11.8 Å². The van der Waals surface area contributed by atoms with E-state index in [0.717, 1.165) is 51.9 Å². The lowest BCUT2D eigenvalue weighted by Crippen LogP contribution is -2.53. The van der Waals surface area contributed by atoms with Crippen LogP contribution in [0.15, 0.2) is 0 Å². The molecule has 0 bridgehead atoms. The zero-order chi connectivity index (χ0) is 14.4. The zero-order valence-electron chi connectivity index (χ0n) is 13.3. The van der Waals surface area contributed by atoms with Crippen molar-refractivity contribution < 1.29 is 14.6 Å². The van der Waals surface area contributed by atoms with Crippen molar-refractivity contribution in [2.75, 3.05) is 19.8 Å². The molecule has 2 saturated heterocycles. The fourth-order valence-electron chi connectivity index (χ4n) is 5.25. The van der Waals surface area contributed by atoms with E-state index in [2.05, 4.69) is 20.8 Å². The van der Waals surface area contributed by atoms with Gasteiger partial charge in [-0.25, -0.2) is 0 Å². The van der Waals surface area contributed by atoms with Crippen molar-refractivity contribution in [1.82, 2.24) is 0 Å². The lowest BCUT2D eigenvalue weighted by atomic mass is 9.60.